The van der Waals surface area contributed by atoms with Crippen molar-refractivity contribution in [1.82, 2.24) is 0 Å². The molecule has 1 aliphatic rings. The van der Waals surface area contributed by atoms with Crippen LogP contribution in [-0.2, 0) is 5.41 Å². The molecule has 1 fully saturated rings. The number of hydrogen-bond acceptors (Lipinski definition) is 2. The fraction of sp³-hybridized carbons (Fsp3) is 0.571. The highest BCUT2D eigenvalue weighted by molar-refractivity contribution is 9.10. The van der Waals surface area contributed by atoms with Gasteiger partial charge in [-0.15, -0.1) is 0 Å². The number of benzene rings is 1. The van der Waals surface area contributed by atoms with Gasteiger partial charge in [0.15, 0.2) is 0 Å². The summed E-state index contributed by atoms with van der Waals surface area (Å²) in [5.41, 5.74) is 0.790. The zero-order chi connectivity index (χ0) is 12.5. The van der Waals surface area contributed by atoms with Crippen molar-refractivity contribution in [2.45, 2.75) is 32.1 Å². The second-order valence-corrected chi connectivity index (χ2v) is 6.27. The van der Waals surface area contributed by atoms with Crippen LogP contribution >= 0.6 is 15.9 Å². The molecule has 0 unspecified atom stereocenters. The molecule has 0 heterocycles. The lowest BCUT2D eigenvalue weighted by Gasteiger charge is -2.26. The van der Waals surface area contributed by atoms with Crippen molar-refractivity contribution in [2.24, 2.45) is 5.92 Å². The molecular weight excluding hydrogens is 280 g/mol. The molecule has 1 aromatic carbocycles. The van der Waals surface area contributed by atoms with Crippen LogP contribution in [0, 0.1) is 5.92 Å². The van der Waals surface area contributed by atoms with E-state index in [2.05, 4.69) is 15.9 Å². The van der Waals surface area contributed by atoms with E-state index in [1.54, 1.807) is 0 Å². The van der Waals surface area contributed by atoms with Crippen molar-refractivity contribution in [2.75, 3.05) is 13.2 Å². The van der Waals surface area contributed by atoms with Gasteiger partial charge in [0.25, 0.3) is 0 Å². The summed E-state index contributed by atoms with van der Waals surface area (Å²) >= 11 is 3.53. The van der Waals surface area contributed by atoms with E-state index in [-0.39, 0.29) is 12.0 Å². The Kier molecular flexibility index (Phi) is 3.79. The van der Waals surface area contributed by atoms with Crippen molar-refractivity contribution in [1.29, 1.82) is 0 Å². The van der Waals surface area contributed by atoms with E-state index in [4.69, 9.17) is 4.74 Å². The van der Waals surface area contributed by atoms with Gasteiger partial charge < -0.3 is 9.84 Å². The quantitative estimate of drug-likeness (QED) is 0.901. The van der Waals surface area contributed by atoms with E-state index < -0.39 is 0 Å². The summed E-state index contributed by atoms with van der Waals surface area (Å²) in [6.45, 7) is 4.96. The number of aliphatic hydroxyl groups is 1. The van der Waals surface area contributed by atoms with Crippen molar-refractivity contribution in [3.05, 3.63) is 28.2 Å². The third kappa shape index (κ3) is 3.02. The van der Waals surface area contributed by atoms with Crippen LogP contribution in [-0.4, -0.2) is 18.3 Å². The number of rotatable bonds is 5. The SMILES string of the molecule is CC(C)(CO)c1cccc(Br)c1OCC1CC1. The molecule has 0 spiro atoms. The zero-order valence-electron chi connectivity index (χ0n) is 10.4. The minimum Gasteiger partial charge on any atom is -0.492 e. The summed E-state index contributed by atoms with van der Waals surface area (Å²) in [6, 6.07) is 6.00. The third-order valence-electron chi connectivity index (χ3n) is 3.25. The molecule has 0 radical (unpaired) electrons. The molecule has 0 saturated heterocycles. The monoisotopic (exact) mass is 298 g/mol. The van der Waals surface area contributed by atoms with Gasteiger partial charge in [-0.3, -0.25) is 0 Å². The predicted octanol–water partition coefficient (Wildman–Crippen LogP) is 3.51. The first-order valence-electron chi connectivity index (χ1n) is 6.07. The van der Waals surface area contributed by atoms with Crippen LogP contribution in [0.2, 0.25) is 0 Å². The zero-order valence-corrected chi connectivity index (χ0v) is 12.0. The first kappa shape index (κ1) is 12.9. The lowest BCUT2D eigenvalue weighted by Crippen LogP contribution is -2.23. The van der Waals surface area contributed by atoms with Crippen LogP contribution in [0.3, 0.4) is 0 Å². The second kappa shape index (κ2) is 4.99. The Morgan fingerprint density at radius 3 is 2.71 bits per heavy atom. The van der Waals surface area contributed by atoms with Gasteiger partial charge >= 0.3 is 0 Å². The van der Waals surface area contributed by atoms with Crippen LogP contribution in [0.15, 0.2) is 22.7 Å². The summed E-state index contributed by atoms with van der Waals surface area (Å²) in [4.78, 5) is 0. The van der Waals surface area contributed by atoms with Gasteiger partial charge in [0.05, 0.1) is 17.7 Å². The van der Waals surface area contributed by atoms with Crippen LogP contribution in [0.4, 0.5) is 0 Å². The van der Waals surface area contributed by atoms with Crippen LogP contribution in [0.1, 0.15) is 32.3 Å². The van der Waals surface area contributed by atoms with Crippen molar-refractivity contribution in [3.63, 3.8) is 0 Å². The first-order valence-corrected chi connectivity index (χ1v) is 6.86. The molecule has 17 heavy (non-hydrogen) atoms. The molecule has 0 aliphatic heterocycles. The van der Waals surface area contributed by atoms with E-state index in [0.29, 0.717) is 0 Å². The fourth-order valence-corrected chi connectivity index (χ4v) is 2.24. The van der Waals surface area contributed by atoms with E-state index in [1.165, 1.54) is 12.8 Å². The van der Waals surface area contributed by atoms with Gasteiger partial charge in [-0.1, -0.05) is 26.0 Å². The van der Waals surface area contributed by atoms with Crippen LogP contribution in [0.25, 0.3) is 0 Å². The Morgan fingerprint density at radius 2 is 2.12 bits per heavy atom. The molecule has 1 aliphatic carbocycles. The van der Waals surface area contributed by atoms with Gasteiger partial charge in [-0.2, -0.15) is 0 Å². The molecule has 0 aromatic heterocycles. The average Bonchev–Trinajstić information content (AvgIpc) is 3.11. The number of halogens is 1. The summed E-state index contributed by atoms with van der Waals surface area (Å²) in [6.07, 6.45) is 2.56. The lowest BCUT2D eigenvalue weighted by molar-refractivity contribution is 0.210. The molecule has 94 valence electrons. The highest BCUT2D eigenvalue weighted by Gasteiger charge is 2.27. The Bertz CT molecular complexity index is 397. The Hall–Kier alpha value is -0.540. The van der Waals surface area contributed by atoms with E-state index in [9.17, 15) is 5.11 Å². The van der Waals surface area contributed by atoms with Gasteiger partial charge in [-0.25, -0.2) is 0 Å². The molecule has 2 rings (SSSR count). The summed E-state index contributed by atoms with van der Waals surface area (Å²) in [5, 5.41) is 9.48. The molecule has 2 nitrogen and oxygen atoms in total. The minimum atomic E-state index is -0.275. The first-order chi connectivity index (χ1) is 8.04. The maximum atomic E-state index is 9.48. The van der Waals surface area contributed by atoms with Gasteiger partial charge in [0.1, 0.15) is 5.75 Å². The Balaban J connectivity index is 2.26. The number of para-hydroxylation sites is 1. The van der Waals surface area contributed by atoms with Gasteiger partial charge in [0.2, 0.25) is 0 Å². The van der Waals surface area contributed by atoms with Crippen LogP contribution in [0.5, 0.6) is 5.75 Å². The molecule has 1 N–H and O–H groups in total. The normalized spacial score (nSPS) is 16.0. The fourth-order valence-electron chi connectivity index (χ4n) is 1.76. The van der Waals surface area contributed by atoms with Crippen molar-refractivity contribution in [3.8, 4) is 5.75 Å². The van der Waals surface area contributed by atoms with Gasteiger partial charge in [-0.05, 0) is 40.8 Å². The molecule has 1 aromatic rings. The summed E-state index contributed by atoms with van der Waals surface area (Å²) < 4.78 is 6.89. The van der Waals surface area contributed by atoms with Crippen molar-refractivity contribution >= 4 is 15.9 Å². The molecular formula is C14H19BrO2. The smallest absolute Gasteiger partial charge is 0.137 e. The second-order valence-electron chi connectivity index (χ2n) is 5.41. The maximum Gasteiger partial charge on any atom is 0.137 e. The summed E-state index contributed by atoms with van der Waals surface area (Å²) in [7, 11) is 0. The predicted molar refractivity (Wildman–Crippen MR) is 72.5 cm³/mol. The Morgan fingerprint density at radius 1 is 1.41 bits per heavy atom. The average molecular weight is 299 g/mol. The van der Waals surface area contributed by atoms with Crippen LogP contribution < -0.4 is 4.74 Å². The highest BCUT2D eigenvalue weighted by atomic mass is 79.9. The Labute approximate surface area is 111 Å². The van der Waals surface area contributed by atoms with E-state index >= 15 is 0 Å². The van der Waals surface area contributed by atoms with Gasteiger partial charge in [0, 0.05) is 11.0 Å². The molecule has 0 bridgehead atoms. The number of aliphatic hydroxyl groups excluding tert-OH is 1. The molecule has 0 amide bonds. The summed E-state index contributed by atoms with van der Waals surface area (Å²) in [5.74, 6) is 1.62. The standard InChI is InChI=1S/C14H19BrO2/c1-14(2,9-16)11-4-3-5-12(15)13(11)17-8-10-6-7-10/h3-5,10,16H,6-9H2,1-2H3. The molecule has 0 atom stereocenters. The molecule has 3 heteroatoms. The molecule has 1 saturated carbocycles. The third-order valence-corrected chi connectivity index (χ3v) is 3.88. The number of hydrogen-bond donors (Lipinski definition) is 1. The van der Waals surface area contributed by atoms with Crippen molar-refractivity contribution < 1.29 is 9.84 Å². The van der Waals surface area contributed by atoms with E-state index in [1.807, 2.05) is 32.0 Å². The lowest BCUT2D eigenvalue weighted by atomic mass is 9.85. The minimum absolute atomic E-state index is 0.114. The topological polar surface area (TPSA) is 29.5 Å². The number of ether oxygens (including phenoxy) is 1. The highest BCUT2D eigenvalue weighted by Crippen LogP contribution is 2.38. The largest absolute Gasteiger partial charge is 0.492 e. The maximum absolute atomic E-state index is 9.48. The van der Waals surface area contributed by atoms with E-state index in [0.717, 1.165) is 28.3 Å².